The van der Waals surface area contributed by atoms with Gasteiger partial charge in [-0.2, -0.15) is 4.31 Å². The van der Waals surface area contributed by atoms with Gasteiger partial charge < -0.3 is 5.32 Å². The highest BCUT2D eigenvalue weighted by atomic mass is 32.2. The van der Waals surface area contributed by atoms with Crippen molar-refractivity contribution in [2.24, 2.45) is 17.8 Å². The van der Waals surface area contributed by atoms with Gasteiger partial charge in [0.25, 0.3) is 0 Å². The smallest absolute Gasteiger partial charge is 0.243 e. The molecule has 38 heavy (non-hydrogen) atoms. The van der Waals surface area contributed by atoms with Crippen LogP contribution in [-0.2, 0) is 25.6 Å². The Morgan fingerprint density at radius 1 is 0.947 bits per heavy atom. The Bertz CT molecular complexity index is 1300. The first-order valence-electron chi connectivity index (χ1n) is 14.5. The maximum atomic E-state index is 13.5. The van der Waals surface area contributed by atoms with Gasteiger partial charge in [-0.3, -0.25) is 4.79 Å². The van der Waals surface area contributed by atoms with Gasteiger partial charge in [0.05, 0.1) is 4.90 Å². The molecular formula is C32H42N2O3S. The molecule has 0 spiro atoms. The number of hydrogen-bond acceptors (Lipinski definition) is 3. The fourth-order valence-electron chi connectivity index (χ4n) is 8.37. The minimum Gasteiger partial charge on any atom is -0.324 e. The molecule has 5 fully saturated rings. The molecule has 5 nitrogen and oxygen atoms in total. The first-order chi connectivity index (χ1) is 17.9. The zero-order chi connectivity index (χ0) is 26.9. The van der Waals surface area contributed by atoms with Crippen LogP contribution in [0.1, 0.15) is 88.8 Å². The summed E-state index contributed by atoms with van der Waals surface area (Å²) in [5, 5.41) is 3.09. The molecule has 5 aliphatic rings. The van der Waals surface area contributed by atoms with E-state index >= 15 is 0 Å². The normalized spacial score (nSPS) is 31.1. The van der Waals surface area contributed by atoms with E-state index in [1.54, 1.807) is 12.1 Å². The van der Waals surface area contributed by atoms with Crippen molar-refractivity contribution >= 4 is 21.6 Å². The maximum Gasteiger partial charge on any atom is 0.243 e. The van der Waals surface area contributed by atoms with Crippen LogP contribution in [0.3, 0.4) is 0 Å². The Hall–Kier alpha value is -2.18. The second kappa shape index (κ2) is 9.19. The van der Waals surface area contributed by atoms with Crippen LogP contribution in [0.15, 0.2) is 47.4 Å². The fraction of sp³-hybridized carbons (Fsp3) is 0.594. The van der Waals surface area contributed by atoms with Crippen LogP contribution >= 0.6 is 0 Å². The molecule has 7 rings (SSSR count). The van der Waals surface area contributed by atoms with Crippen LogP contribution in [0.4, 0.5) is 5.69 Å². The molecule has 1 heterocycles. The van der Waals surface area contributed by atoms with Gasteiger partial charge in [-0.15, -0.1) is 0 Å². The van der Waals surface area contributed by atoms with E-state index in [0.717, 1.165) is 34.6 Å². The van der Waals surface area contributed by atoms with Crippen LogP contribution in [-0.4, -0.2) is 31.2 Å². The topological polar surface area (TPSA) is 66.5 Å². The van der Waals surface area contributed by atoms with Gasteiger partial charge in [-0.25, -0.2) is 8.42 Å². The lowest BCUT2D eigenvalue weighted by Gasteiger charge is -2.57. The minimum absolute atomic E-state index is 0.0541. The second-order valence-corrected chi connectivity index (χ2v) is 15.7. The van der Waals surface area contributed by atoms with Gasteiger partial charge in [-0.05, 0) is 122 Å². The molecule has 1 amide bonds. The number of nitrogens with zero attached hydrogens (tertiary/aromatic N) is 1. The van der Waals surface area contributed by atoms with Crippen molar-refractivity contribution in [1.29, 1.82) is 0 Å². The van der Waals surface area contributed by atoms with Gasteiger partial charge in [0.15, 0.2) is 0 Å². The Kier molecular flexibility index (Phi) is 6.31. The summed E-state index contributed by atoms with van der Waals surface area (Å²) in [6.45, 7) is 8.75. The molecule has 1 N–H and O–H groups in total. The highest BCUT2D eigenvalue weighted by Gasteiger charge is 2.51. The van der Waals surface area contributed by atoms with Gasteiger partial charge in [0, 0.05) is 12.2 Å². The first kappa shape index (κ1) is 26.1. The molecule has 0 unspecified atom stereocenters. The molecule has 1 saturated heterocycles. The molecule has 1 aliphatic heterocycles. The number of carbonyl (C=O) groups excluding carboxylic acids is 1. The largest absolute Gasteiger partial charge is 0.324 e. The molecule has 4 aliphatic carbocycles. The Morgan fingerprint density at radius 2 is 1.55 bits per heavy atom. The number of amides is 1. The zero-order valence-electron chi connectivity index (χ0n) is 23.3. The van der Waals surface area contributed by atoms with E-state index in [1.807, 2.05) is 12.1 Å². The zero-order valence-corrected chi connectivity index (χ0v) is 24.1. The van der Waals surface area contributed by atoms with Gasteiger partial charge in [0.2, 0.25) is 15.9 Å². The van der Waals surface area contributed by atoms with Crippen LogP contribution < -0.4 is 5.32 Å². The summed E-state index contributed by atoms with van der Waals surface area (Å²) in [5.41, 5.74) is 4.65. The summed E-state index contributed by atoms with van der Waals surface area (Å²) in [4.78, 5) is 13.7. The van der Waals surface area contributed by atoms with Crippen molar-refractivity contribution < 1.29 is 13.2 Å². The quantitative estimate of drug-likeness (QED) is 0.473. The first-order valence-corrected chi connectivity index (χ1v) is 15.9. The minimum atomic E-state index is -3.76. The predicted octanol–water partition coefficient (Wildman–Crippen LogP) is 6.55. The van der Waals surface area contributed by atoms with E-state index in [-0.39, 0.29) is 16.2 Å². The van der Waals surface area contributed by atoms with Crippen molar-refractivity contribution in [3.8, 4) is 0 Å². The summed E-state index contributed by atoms with van der Waals surface area (Å²) >= 11 is 0. The molecule has 4 bridgehead atoms. The van der Waals surface area contributed by atoms with Crippen molar-refractivity contribution in [2.75, 3.05) is 11.9 Å². The lowest BCUT2D eigenvalue weighted by Crippen LogP contribution is -2.48. The lowest BCUT2D eigenvalue weighted by atomic mass is 9.48. The van der Waals surface area contributed by atoms with Gasteiger partial charge in [0.1, 0.15) is 6.04 Å². The van der Waals surface area contributed by atoms with Crippen LogP contribution in [0.2, 0.25) is 0 Å². The van der Waals surface area contributed by atoms with Crippen molar-refractivity contribution in [2.45, 2.75) is 101 Å². The van der Waals surface area contributed by atoms with Crippen LogP contribution in [0.5, 0.6) is 0 Å². The molecule has 6 heteroatoms. The summed E-state index contributed by atoms with van der Waals surface area (Å²) in [6.07, 6.45) is 9.44. The molecule has 2 aromatic carbocycles. The summed E-state index contributed by atoms with van der Waals surface area (Å²) < 4.78 is 28.4. The number of anilines is 1. The van der Waals surface area contributed by atoms with E-state index in [0.29, 0.717) is 24.8 Å². The number of nitrogens with one attached hydrogen (secondary N) is 1. The molecular weight excluding hydrogens is 492 g/mol. The molecule has 204 valence electrons. The Morgan fingerprint density at radius 3 is 2.11 bits per heavy atom. The maximum absolute atomic E-state index is 13.5. The summed E-state index contributed by atoms with van der Waals surface area (Å²) in [7, 11) is -3.76. The third kappa shape index (κ3) is 4.52. The number of carbonyl (C=O) groups is 1. The monoisotopic (exact) mass is 534 g/mol. The molecule has 2 aromatic rings. The fourth-order valence-corrected chi connectivity index (χ4v) is 10.0. The van der Waals surface area contributed by atoms with E-state index < -0.39 is 16.1 Å². The summed E-state index contributed by atoms with van der Waals surface area (Å²) in [5.74, 6) is 2.44. The number of aryl methyl sites for hydroxylation is 1. The van der Waals surface area contributed by atoms with E-state index in [2.05, 4.69) is 51.2 Å². The van der Waals surface area contributed by atoms with Gasteiger partial charge in [-0.1, -0.05) is 45.0 Å². The van der Waals surface area contributed by atoms with Crippen LogP contribution in [0.25, 0.3) is 0 Å². The van der Waals surface area contributed by atoms with Crippen molar-refractivity contribution in [1.82, 2.24) is 4.31 Å². The van der Waals surface area contributed by atoms with Gasteiger partial charge >= 0.3 is 0 Å². The number of hydrogen-bond donors (Lipinski definition) is 1. The molecule has 0 aromatic heterocycles. The van der Waals surface area contributed by atoms with E-state index in [9.17, 15) is 13.2 Å². The van der Waals surface area contributed by atoms with Crippen LogP contribution in [0, 0.1) is 24.7 Å². The Balaban J connectivity index is 1.18. The average Bonchev–Trinajstić information content (AvgIpc) is 3.35. The lowest BCUT2D eigenvalue weighted by molar-refractivity contribution is -0.119. The third-order valence-electron chi connectivity index (χ3n) is 9.97. The van der Waals surface area contributed by atoms with E-state index in [4.69, 9.17) is 0 Å². The predicted molar refractivity (Wildman–Crippen MR) is 152 cm³/mol. The Labute approximate surface area is 228 Å². The second-order valence-electron chi connectivity index (χ2n) is 13.8. The molecule has 4 saturated carbocycles. The summed E-state index contributed by atoms with van der Waals surface area (Å²) in [6, 6.07) is 13.0. The van der Waals surface area contributed by atoms with E-state index in [1.165, 1.54) is 48.4 Å². The molecule has 0 radical (unpaired) electrons. The standard InChI is InChI=1S/C32H42N2O3S/c1-21-14-26(32-18-22-15-23(19-32)17-24(16-22)20-32)9-12-28(21)33-30(35)29-6-5-13-34(29)38(36,37)27-10-7-25(8-11-27)31(2,3)4/h7-12,14,22-24,29H,5-6,13,15-20H2,1-4H3,(H,33,35)/t22?,23?,24?,29-,32?/m0/s1. The highest BCUT2D eigenvalue weighted by molar-refractivity contribution is 7.89. The number of benzene rings is 2. The third-order valence-corrected chi connectivity index (χ3v) is 11.9. The van der Waals surface area contributed by atoms with Crippen molar-refractivity contribution in [3.63, 3.8) is 0 Å². The highest BCUT2D eigenvalue weighted by Crippen LogP contribution is 2.60. The number of sulfonamides is 1. The average molecular weight is 535 g/mol. The SMILES string of the molecule is Cc1cc(C23CC4CC(CC(C4)C2)C3)ccc1NC(=O)[C@@H]1CCCN1S(=O)(=O)c1ccc(C(C)(C)C)cc1. The molecule has 1 atom stereocenters. The van der Waals surface area contributed by atoms with Crippen molar-refractivity contribution in [3.05, 3.63) is 59.2 Å². The number of rotatable bonds is 5.